The van der Waals surface area contributed by atoms with Gasteiger partial charge in [0.05, 0.1) is 12.3 Å². The number of nitrogen functional groups attached to an aromatic ring is 1. The van der Waals surface area contributed by atoms with Crippen LogP contribution in [0, 0.1) is 0 Å². The Kier molecular flexibility index (Phi) is 9.90. The van der Waals surface area contributed by atoms with Gasteiger partial charge in [0.1, 0.15) is 53.7 Å². The lowest BCUT2D eigenvalue weighted by molar-refractivity contribution is -0.151. The Hall–Kier alpha value is -3.10. The number of aromatic nitrogens is 3. The molecule has 0 spiro atoms. The first kappa shape index (κ1) is 32.3. The number of hydrogen-bond acceptors (Lipinski definition) is 12. The van der Waals surface area contributed by atoms with Gasteiger partial charge in [0.25, 0.3) is 0 Å². The first-order valence-corrected chi connectivity index (χ1v) is 16.4. The molecule has 2 unspecified atom stereocenters. The van der Waals surface area contributed by atoms with E-state index in [1.54, 1.807) is 42.5 Å². The van der Waals surface area contributed by atoms with Gasteiger partial charge in [-0.1, -0.05) is 25.1 Å². The number of aliphatic hydroxyl groups is 2. The fraction of sp³-hybridized carbons (Fsp3) is 0.552. The van der Waals surface area contributed by atoms with Gasteiger partial charge < -0.3 is 34.8 Å². The summed E-state index contributed by atoms with van der Waals surface area (Å²) in [5.41, 5.74) is 5.36. The summed E-state index contributed by atoms with van der Waals surface area (Å²) in [4.78, 5) is 19.4. The first-order valence-electron chi connectivity index (χ1n) is 14.8. The van der Waals surface area contributed by atoms with Crippen molar-refractivity contribution >= 4 is 25.1 Å². The molecular formula is C29H41N6O8P. The largest absolute Gasteiger partial charge is 0.461 e. The number of hydrogen-bond donors (Lipinski definition) is 4. The van der Waals surface area contributed by atoms with E-state index in [9.17, 15) is 19.6 Å². The van der Waals surface area contributed by atoms with Crippen molar-refractivity contribution in [2.75, 3.05) is 32.0 Å². The van der Waals surface area contributed by atoms with Gasteiger partial charge in [-0.05, 0) is 70.5 Å². The van der Waals surface area contributed by atoms with Gasteiger partial charge in [-0.15, -0.1) is 0 Å². The molecule has 2 aliphatic heterocycles. The highest BCUT2D eigenvalue weighted by Gasteiger charge is 2.54. The second-order valence-corrected chi connectivity index (χ2v) is 13.1. The summed E-state index contributed by atoms with van der Waals surface area (Å²) in [6.07, 6.45) is -0.432. The number of likely N-dealkylation sites (tertiary alicyclic amines) is 1. The molecule has 0 bridgehead atoms. The summed E-state index contributed by atoms with van der Waals surface area (Å²) in [7, 11) is -4.27. The maximum Gasteiger partial charge on any atom is 0.459 e. The molecule has 14 nitrogen and oxygen atoms in total. The van der Waals surface area contributed by atoms with E-state index in [1.807, 2.05) is 0 Å². The van der Waals surface area contributed by atoms with Crippen LogP contribution in [0.15, 0.2) is 48.8 Å². The van der Waals surface area contributed by atoms with Crippen molar-refractivity contribution in [1.82, 2.24) is 24.6 Å². The van der Waals surface area contributed by atoms with Crippen molar-refractivity contribution in [2.24, 2.45) is 0 Å². The number of aliphatic hydroxyl groups excluding tert-OH is 2. The monoisotopic (exact) mass is 632 g/mol. The number of ether oxygens (including phenoxy) is 2. The van der Waals surface area contributed by atoms with E-state index in [0.717, 1.165) is 32.5 Å². The molecule has 0 saturated carbocycles. The number of benzene rings is 1. The van der Waals surface area contributed by atoms with E-state index >= 15 is 0 Å². The molecule has 2 aromatic heterocycles. The SMILES string of the molecule is CCN1CCCC(OC(=O)[C@H](C)NP(=O)(OC[C@@]2(C)O[C@@H](c3ccc4c(N)ncnn34)[C@H](O)[C@@H]2O)Oc2ccccc2)CC1. The Morgan fingerprint density at radius 3 is 2.75 bits per heavy atom. The van der Waals surface area contributed by atoms with Crippen LogP contribution in [-0.2, 0) is 23.4 Å². The molecule has 5 rings (SSSR count). The molecule has 4 heterocycles. The van der Waals surface area contributed by atoms with Crippen LogP contribution in [0.3, 0.4) is 0 Å². The Balaban J connectivity index is 1.29. The summed E-state index contributed by atoms with van der Waals surface area (Å²) in [6, 6.07) is 10.7. The van der Waals surface area contributed by atoms with Crippen molar-refractivity contribution < 1.29 is 38.1 Å². The zero-order valence-corrected chi connectivity index (χ0v) is 26.0. The fourth-order valence-electron chi connectivity index (χ4n) is 5.54. The van der Waals surface area contributed by atoms with Crippen LogP contribution in [0.4, 0.5) is 5.82 Å². The predicted octanol–water partition coefficient (Wildman–Crippen LogP) is 2.46. The van der Waals surface area contributed by atoms with Gasteiger partial charge in [0.15, 0.2) is 5.82 Å². The lowest BCUT2D eigenvalue weighted by atomic mass is 9.97. The topological polar surface area (TPSA) is 183 Å². The van der Waals surface area contributed by atoms with E-state index in [4.69, 9.17) is 24.3 Å². The Morgan fingerprint density at radius 2 is 2.00 bits per heavy atom. The summed E-state index contributed by atoms with van der Waals surface area (Å²) in [5, 5.41) is 28.9. The number of fused-ring (bicyclic) bond motifs is 1. The first-order chi connectivity index (χ1) is 21.0. The van der Waals surface area contributed by atoms with Crippen molar-refractivity contribution in [1.29, 1.82) is 0 Å². The van der Waals surface area contributed by atoms with Gasteiger partial charge in [-0.25, -0.2) is 14.1 Å². The van der Waals surface area contributed by atoms with Crippen LogP contribution in [0.25, 0.3) is 5.52 Å². The minimum Gasteiger partial charge on any atom is -0.461 e. The lowest BCUT2D eigenvalue weighted by Gasteiger charge is -2.30. The van der Waals surface area contributed by atoms with E-state index in [1.165, 1.54) is 24.7 Å². The van der Waals surface area contributed by atoms with Crippen molar-refractivity contribution in [3.63, 3.8) is 0 Å². The van der Waals surface area contributed by atoms with E-state index in [2.05, 4.69) is 27.0 Å². The summed E-state index contributed by atoms with van der Waals surface area (Å²) in [6.45, 7) is 7.42. The number of esters is 1. The fourth-order valence-corrected chi connectivity index (χ4v) is 7.12. The zero-order chi connectivity index (χ0) is 31.5. The zero-order valence-electron chi connectivity index (χ0n) is 25.1. The van der Waals surface area contributed by atoms with Gasteiger partial charge in [-0.3, -0.25) is 9.32 Å². The third-order valence-electron chi connectivity index (χ3n) is 8.15. The highest BCUT2D eigenvalue weighted by atomic mass is 31.2. The number of carbonyl (C=O) groups excluding carboxylic acids is 1. The average Bonchev–Trinajstić information content (AvgIpc) is 3.43. The van der Waals surface area contributed by atoms with Crippen molar-refractivity contribution in [2.45, 2.75) is 76.1 Å². The third kappa shape index (κ3) is 7.07. The van der Waals surface area contributed by atoms with Crippen molar-refractivity contribution in [3.05, 3.63) is 54.5 Å². The molecule has 44 heavy (non-hydrogen) atoms. The van der Waals surface area contributed by atoms with Gasteiger partial charge in [0, 0.05) is 6.54 Å². The predicted molar refractivity (Wildman–Crippen MR) is 161 cm³/mol. The summed E-state index contributed by atoms with van der Waals surface area (Å²) in [5.74, 6) is -0.106. The number of rotatable bonds is 11. The molecule has 7 atom stereocenters. The third-order valence-corrected chi connectivity index (χ3v) is 9.77. The van der Waals surface area contributed by atoms with Gasteiger partial charge >= 0.3 is 13.7 Å². The molecule has 240 valence electrons. The molecule has 0 aliphatic carbocycles. The smallest absolute Gasteiger partial charge is 0.459 e. The standard InChI is InChI=1S/C29H41N6O8P/c1-4-34-15-8-11-20(14-16-34)41-28(38)19(2)33-44(39,43-21-9-6-5-7-10-21)40-17-29(3)26(37)24(36)25(42-29)22-12-13-23-27(30)31-18-32-35(22)23/h5-7,9-10,12-13,18-20,24-26,36-37H,4,8,11,14-17H2,1-3H3,(H,33,39)(H2,30,31,32)/t19-,20?,24-,25-,26-,29+,44?/m0/s1. The molecule has 3 aromatic rings. The number of carbonyl (C=O) groups is 1. The summed E-state index contributed by atoms with van der Waals surface area (Å²) < 4.78 is 39.1. The van der Waals surface area contributed by atoms with Crippen LogP contribution in [0.1, 0.15) is 51.8 Å². The quantitative estimate of drug-likeness (QED) is 0.179. The Morgan fingerprint density at radius 1 is 1.23 bits per heavy atom. The number of nitrogens with two attached hydrogens (primary N) is 1. The van der Waals surface area contributed by atoms with Crippen molar-refractivity contribution in [3.8, 4) is 5.75 Å². The molecule has 2 aliphatic rings. The maximum absolute atomic E-state index is 14.1. The molecule has 2 saturated heterocycles. The summed E-state index contributed by atoms with van der Waals surface area (Å²) >= 11 is 0. The molecule has 5 N–H and O–H groups in total. The van der Waals surface area contributed by atoms with Crippen LogP contribution in [0.2, 0.25) is 0 Å². The lowest BCUT2D eigenvalue weighted by Crippen LogP contribution is -2.45. The van der Waals surface area contributed by atoms with Gasteiger partial charge in [-0.2, -0.15) is 10.2 Å². The van der Waals surface area contributed by atoms with Crippen LogP contribution in [-0.4, -0.2) is 91.9 Å². The van der Waals surface area contributed by atoms with E-state index in [-0.39, 0.29) is 17.7 Å². The normalized spacial score (nSPS) is 28.3. The highest BCUT2D eigenvalue weighted by molar-refractivity contribution is 7.52. The Labute approximate surface area is 256 Å². The number of nitrogens with one attached hydrogen (secondary N) is 1. The molecule has 0 radical (unpaired) electrons. The van der Waals surface area contributed by atoms with E-state index in [0.29, 0.717) is 17.6 Å². The number of anilines is 1. The number of nitrogens with zero attached hydrogens (tertiary/aromatic N) is 4. The van der Waals surface area contributed by atoms with Crippen LogP contribution >= 0.6 is 7.75 Å². The van der Waals surface area contributed by atoms with E-state index < -0.39 is 50.3 Å². The Bertz CT molecular complexity index is 1480. The molecule has 0 amide bonds. The van der Waals surface area contributed by atoms with Gasteiger partial charge in [0.2, 0.25) is 0 Å². The van der Waals surface area contributed by atoms with Crippen LogP contribution < -0.4 is 15.3 Å². The second kappa shape index (κ2) is 13.5. The highest BCUT2D eigenvalue weighted by Crippen LogP contribution is 2.48. The molecular weight excluding hydrogens is 591 g/mol. The maximum atomic E-state index is 14.1. The minimum atomic E-state index is -4.27. The minimum absolute atomic E-state index is 0.236. The number of para-hydroxylation sites is 1. The molecule has 1 aromatic carbocycles. The average molecular weight is 633 g/mol. The molecule has 15 heteroatoms. The van der Waals surface area contributed by atoms with Crippen LogP contribution in [0.5, 0.6) is 5.75 Å². The second-order valence-electron chi connectivity index (χ2n) is 11.4. The molecule has 2 fully saturated rings.